The predicted molar refractivity (Wildman–Crippen MR) is 53.0 cm³/mol. The molecule has 0 N–H and O–H groups in total. The summed E-state index contributed by atoms with van der Waals surface area (Å²) in [4.78, 5) is 15.6. The molecule has 1 aliphatic heterocycles. The molecule has 1 saturated carbocycles. The fourth-order valence-corrected chi connectivity index (χ4v) is 2.36. The molecule has 2 rings (SSSR count). The van der Waals surface area contributed by atoms with Gasteiger partial charge in [-0.25, -0.2) is 0 Å². The van der Waals surface area contributed by atoms with Crippen LogP contribution in [0.1, 0.15) is 33.1 Å². The van der Waals surface area contributed by atoms with Crippen LogP contribution in [0.15, 0.2) is 16.6 Å². The fraction of sp³-hybridized carbons (Fsp3) is 0.636. The largest absolute Gasteiger partial charge is 0.293 e. The number of hydrogen-bond donors (Lipinski definition) is 0. The van der Waals surface area contributed by atoms with Crippen molar-refractivity contribution >= 4 is 11.5 Å². The summed E-state index contributed by atoms with van der Waals surface area (Å²) in [6.45, 7) is 3.72. The first-order chi connectivity index (χ1) is 6.18. The van der Waals surface area contributed by atoms with E-state index in [-0.39, 0.29) is 5.78 Å². The number of aliphatic imine (C=N–C) groups is 1. The normalized spacial score (nSPS) is 32.2. The van der Waals surface area contributed by atoms with Gasteiger partial charge in [-0.15, -0.1) is 0 Å². The Morgan fingerprint density at radius 3 is 3.00 bits per heavy atom. The van der Waals surface area contributed by atoms with Crippen LogP contribution in [0.2, 0.25) is 0 Å². The molecule has 0 spiro atoms. The van der Waals surface area contributed by atoms with Crippen molar-refractivity contribution in [3.05, 3.63) is 11.6 Å². The lowest BCUT2D eigenvalue weighted by Gasteiger charge is -2.21. The van der Waals surface area contributed by atoms with E-state index >= 15 is 0 Å². The van der Waals surface area contributed by atoms with Gasteiger partial charge in [0.25, 0.3) is 0 Å². The molecule has 0 aromatic rings. The summed E-state index contributed by atoms with van der Waals surface area (Å²) < 4.78 is 0. The van der Waals surface area contributed by atoms with Gasteiger partial charge >= 0.3 is 0 Å². The number of carbonyl (C=O) groups excluding carboxylic acids is 1. The van der Waals surface area contributed by atoms with E-state index in [0.717, 1.165) is 6.42 Å². The molecular weight excluding hydrogens is 162 g/mol. The third-order valence-electron chi connectivity index (χ3n) is 3.09. The highest BCUT2D eigenvalue weighted by molar-refractivity contribution is 6.43. The minimum absolute atomic E-state index is 0.102. The number of dihydropyridines is 1. The summed E-state index contributed by atoms with van der Waals surface area (Å²) in [6.07, 6.45) is 5.64. The monoisotopic (exact) mass is 177 g/mol. The van der Waals surface area contributed by atoms with Crippen molar-refractivity contribution in [3.63, 3.8) is 0 Å². The molecule has 2 heteroatoms. The summed E-state index contributed by atoms with van der Waals surface area (Å²) in [5, 5.41) is 0. The van der Waals surface area contributed by atoms with Gasteiger partial charge in [0.05, 0.1) is 6.04 Å². The molecule has 0 radical (unpaired) electrons. The Balaban J connectivity index is 2.30. The predicted octanol–water partition coefficient (Wildman–Crippen LogP) is 2.15. The minimum Gasteiger partial charge on any atom is -0.293 e. The lowest BCUT2D eigenvalue weighted by Crippen LogP contribution is -2.23. The van der Waals surface area contributed by atoms with E-state index in [1.54, 1.807) is 6.92 Å². The van der Waals surface area contributed by atoms with Crippen LogP contribution in [0.4, 0.5) is 0 Å². The van der Waals surface area contributed by atoms with Gasteiger partial charge in [0, 0.05) is 12.8 Å². The maximum atomic E-state index is 11.2. The molecule has 1 heterocycles. The Bertz CT molecular complexity index is 301. The van der Waals surface area contributed by atoms with Crippen molar-refractivity contribution < 1.29 is 4.79 Å². The van der Waals surface area contributed by atoms with Gasteiger partial charge in [-0.1, -0.05) is 12.0 Å². The molecule has 0 saturated heterocycles. The van der Waals surface area contributed by atoms with E-state index < -0.39 is 0 Å². The van der Waals surface area contributed by atoms with E-state index in [4.69, 9.17) is 0 Å². The lowest BCUT2D eigenvalue weighted by molar-refractivity contribution is -0.111. The zero-order chi connectivity index (χ0) is 9.42. The van der Waals surface area contributed by atoms with Gasteiger partial charge in [0.15, 0.2) is 5.78 Å². The van der Waals surface area contributed by atoms with Gasteiger partial charge in [0.1, 0.15) is 5.71 Å². The van der Waals surface area contributed by atoms with Crippen LogP contribution < -0.4 is 0 Å². The third kappa shape index (κ3) is 1.45. The fourth-order valence-electron chi connectivity index (χ4n) is 2.36. The third-order valence-corrected chi connectivity index (χ3v) is 3.09. The number of fused-ring (bicyclic) bond motifs is 1. The molecule has 2 nitrogen and oxygen atoms in total. The van der Waals surface area contributed by atoms with Crippen LogP contribution in [-0.4, -0.2) is 17.5 Å². The van der Waals surface area contributed by atoms with Crippen molar-refractivity contribution in [3.8, 4) is 0 Å². The first-order valence-electron chi connectivity index (χ1n) is 4.95. The maximum Gasteiger partial charge on any atom is 0.177 e. The second-order valence-corrected chi connectivity index (χ2v) is 4.06. The molecule has 1 fully saturated rings. The summed E-state index contributed by atoms with van der Waals surface area (Å²) in [5.74, 6) is 0.729. The van der Waals surface area contributed by atoms with Gasteiger partial charge in [-0.05, 0) is 25.8 Å². The Morgan fingerprint density at radius 2 is 2.31 bits per heavy atom. The van der Waals surface area contributed by atoms with Crippen molar-refractivity contribution in [1.29, 1.82) is 0 Å². The highest BCUT2D eigenvalue weighted by Crippen LogP contribution is 2.36. The summed E-state index contributed by atoms with van der Waals surface area (Å²) in [5.41, 5.74) is 2.03. The summed E-state index contributed by atoms with van der Waals surface area (Å²) in [7, 11) is 0. The molecule has 0 aromatic heterocycles. The molecule has 0 aromatic carbocycles. The molecular formula is C11H15NO. The first-order valence-corrected chi connectivity index (χ1v) is 4.95. The molecule has 13 heavy (non-hydrogen) atoms. The van der Waals surface area contributed by atoms with Crippen LogP contribution in [-0.2, 0) is 4.79 Å². The van der Waals surface area contributed by atoms with Crippen molar-refractivity contribution in [2.45, 2.75) is 39.2 Å². The molecule has 0 bridgehead atoms. The van der Waals surface area contributed by atoms with E-state index in [0.29, 0.717) is 17.7 Å². The number of hydrogen-bond acceptors (Lipinski definition) is 2. The van der Waals surface area contributed by atoms with Crippen LogP contribution in [0.5, 0.6) is 0 Å². The number of Topliss-reactive ketones (excluding diaryl/α,β-unsaturated/α-hetero) is 1. The highest BCUT2D eigenvalue weighted by atomic mass is 16.1. The summed E-state index contributed by atoms with van der Waals surface area (Å²) in [6, 6.07) is 0.406. The molecule has 1 aliphatic carbocycles. The maximum absolute atomic E-state index is 11.2. The van der Waals surface area contributed by atoms with E-state index in [9.17, 15) is 4.79 Å². The Hall–Kier alpha value is -0.920. The zero-order valence-electron chi connectivity index (χ0n) is 8.21. The average molecular weight is 177 g/mol. The van der Waals surface area contributed by atoms with Gasteiger partial charge < -0.3 is 0 Å². The van der Waals surface area contributed by atoms with Crippen LogP contribution in [0, 0.1) is 5.92 Å². The van der Waals surface area contributed by atoms with Crippen molar-refractivity contribution in [2.24, 2.45) is 10.9 Å². The standard InChI is InChI=1S/C11H15NO/c1-7-6-11(8(2)13)12-10-5-3-4-9(7)10/h6,9-10H,3-5H2,1-2H3. The average Bonchev–Trinajstić information content (AvgIpc) is 2.51. The van der Waals surface area contributed by atoms with E-state index in [2.05, 4.69) is 11.9 Å². The number of rotatable bonds is 1. The SMILES string of the molecule is CC(=O)C1=NC2CCCC2C(C)=C1. The van der Waals surface area contributed by atoms with Gasteiger partial charge in [0.2, 0.25) is 0 Å². The second-order valence-electron chi connectivity index (χ2n) is 4.06. The first kappa shape index (κ1) is 8.67. The second kappa shape index (κ2) is 3.09. The van der Waals surface area contributed by atoms with Crippen molar-refractivity contribution in [2.75, 3.05) is 0 Å². The number of ketones is 1. The highest BCUT2D eigenvalue weighted by Gasteiger charge is 2.31. The minimum atomic E-state index is 0.102. The number of carbonyl (C=O) groups is 1. The molecule has 2 aliphatic rings. The number of nitrogens with zero attached hydrogens (tertiary/aromatic N) is 1. The molecule has 70 valence electrons. The Morgan fingerprint density at radius 1 is 1.54 bits per heavy atom. The topological polar surface area (TPSA) is 29.4 Å². The zero-order valence-corrected chi connectivity index (χ0v) is 8.21. The Kier molecular flexibility index (Phi) is 2.06. The lowest BCUT2D eigenvalue weighted by atomic mass is 9.91. The van der Waals surface area contributed by atoms with Gasteiger partial charge in [-0.3, -0.25) is 9.79 Å². The molecule has 0 amide bonds. The van der Waals surface area contributed by atoms with Crippen molar-refractivity contribution in [1.82, 2.24) is 0 Å². The van der Waals surface area contributed by atoms with Crippen LogP contribution in [0.3, 0.4) is 0 Å². The smallest absolute Gasteiger partial charge is 0.177 e. The number of allylic oxidation sites excluding steroid dienone is 1. The van der Waals surface area contributed by atoms with E-state index in [1.165, 1.54) is 18.4 Å². The summed E-state index contributed by atoms with van der Waals surface area (Å²) >= 11 is 0. The Labute approximate surface area is 78.7 Å². The van der Waals surface area contributed by atoms with Gasteiger partial charge in [-0.2, -0.15) is 0 Å². The van der Waals surface area contributed by atoms with Crippen LogP contribution >= 0.6 is 0 Å². The van der Waals surface area contributed by atoms with Crippen LogP contribution in [0.25, 0.3) is 0 Å². The quantitative estimate of drug-likeness (QED) is 0.603. The molecule has 2 unspecified atom stereocenters. The van der Waals surface area contributed by atoms with E-state index in [1.807, 2.05) is 6.08 Å². The molecule has 2 atom stereocenters.